The van der Waals surface area contributed by atoms with E-state index in [0.29, 0.717) is 11.3 Å². The second-order valence-electron chi connectivity index (χ2n) is 4.15. The van der Waals surface area contributed by atoms with Crippen LogP contribution in [0.2, 0.25) is 0 Å². The first-order chi connectivity index (χ1) is 8.90. The van der Waals surface area contributed by atoms with Crippen molar-refractivity contribution in [2.24, 2.45) is 5.73 Å². The van der Waals surface area contributed by atoms with Crippen molar-refractivity contribution in [1.29, 1.82) is 0 Å². The SMILES string of the molecule is CCSCC(C)NS(=O)(=O)c1cc(CN)ccc1F. The van der Waals surface area contributed by atoms with Crippen molar-refractivity contribution in [1.82, 2.24) is 4.72 Å². The lowest BCUT2D eigenvalue weighted by molar-refractivity contribution is 0.549. The Morgan fingerprint density at radius 2 is 2.16 bits per heavy atom. The van der Waals surface area contributed by atoms with Crippen molar-refractivity contribution < 1.29 is 12.8 Å². The molecule has 7 heteroatoms. The predicted octanol–water partition coefficient (Wildman–Crippen LogP) is 1.70. The highest BCUT2D eigenvalue weighted by molar-refractivity contribution is 7.99. The topological polar surface area (TPSA) is 72.2 Å². The lowest BCUT2D eigenvalue weighted by Gasteiger charge is -2.14. The second kappa shape index (κ2) is 7.23. The average molecular weight is 306 g/mol. The van der Waals surface area contributed by atoms with E-state index in [2.05, 4.69) is 4.72 Å². The van der Waals surface area contributed by atoms with Gasteiger partial charge < -0.3 is 5.73 Å². The van der Waals surface area contributed by atoms with Gasteiger partial charge in [0.05, 0.1) is 0 Å². The Kier molecular flexibility index (Phi) is 6.25. The molecule has 0 aliphatic carbocycles. The van der Waals surface area contributed by atoms with Gasteiger partial charge in [-0.2, -0.15) is 11.8 Å². The van der Waals surface area contributed by atoms with Crippen LogP contribution in [-0.2, 0) is 16.6 Å². The number of hydrogen-bond donors (Lipinski definition) is 2. The van der Waals surface area contributed by atoms with Gasteiger partial charge in [-0.15, -0.1) is 0 Å². The summed E-state index contributed by atoms with van der Waals surface area (Å²) in [7, 11) is -3.85. The number of nitrogens with one attached hydrogen (secondary N) is 1. The van der Waals surface area contributed by atoms with Gasteiger partial charge in [0, 0.05) is 18.3 Å². The van der Waals surface area contributed by atoms with Gasteiger partial charge in [0.15, 0.2) is 0 Å². The number of thioether (sulfide) groups is 1. The van der Waals surface area contributed by atoms with Crippen LogP contribution in [-0.4, -0.2) is 26.0 Å². The lowest BCUT2D eigenvalue weighted by Crippen LogP contribution is -2.34. The number of benzene rings is 1. The molecule has 0 saturated carbocycles. The Bertz CT molecular complexity index is 520. The lowest BCUT2D eigenvalue weighted by atomic mass is 10.2. The average Bonchev–Trinajstić information content (AvgIpc) is 2.36. The first-order valence-electron chi connectivity index (χ1n) is 5.99. The summed E-state index contributed by atoms with van der Waals surface area (Å²) < 4.78 is 40.3. The van der Waals surface area contributed by atoms with E-state index in [9.17, 15) is 12.8 Å². The maximum Gasteiger partial charge on any atom is 0.243 e. The zero-order valence-electron chi connectivity index (χ0n) is 11.0. The van der Waals surface area contributed by atoms with Crippen LogP contribution in [0.3, 0.4) is 0 Å². The van der Waals surface area contributed by atoms with Gasteiger partial charge in [0.25, 0.3) is 0 Å². The van der Waals surface area contributed by atoms with Gasteiger partial charge >= 0.3 is 0 Å². The molecule has 0 aliphatic heterocycles. The summed E-state index contributed by atoms with van der Waals surface area (Å²) in [6, 6.07) is 3.63. The molecule has 19 heavy (non-hydrogen) atoms. The maximum atomic E-state index is 13.6. The minimum absolute atomic E-state index is 0.171. The van der Waals surface area contributed by atoms with Crippen LogP contribution < -0.4 is 10.5 Å². The van der Waals surface area contributed by atoms with Gasteiger partial charge in [0.2, 0.25) is 10.0 Å². The Morgan fingerprint density at radius 3 is 2.74 bits per heavy atom. The van der Waals surface area contributed by atoms with Crippen molar-refractivity contribution in [3.05, 3.63) is 29.6 Å². The molecule has 1 unspecified atom stereocenters. The summed E-state index contributed by atoms with van der Waals surface area (Å²) in [4.78, 5) is -0.344. The van der Waals surface area contributed by atoms with E-state index >= 15 is 0 Å². The molecule has 0 radical (unpaired) electrons. The fourth-order valence-electron chi connectivity index (χ4n) is 1.54. The molecule has 0 aromatic heterocycles. The van der Waals surface area contributed by atoms with Gasteiger partial charge in [0.1, 0.15) is 10.7 Å². The number of halogens is 1. The van der Waals surface area contributed by atoms with Gasteiger partial charge in [-0.1, -0.05) is 13.0 Å². The van der Waals surface area contributed by atoms with E-state index < -0.39 is 15.8 Å². The summed E-state index contributed by atoms with van der Waals surface area (Å²) in [6.07, 6.45) is 0. The van der Waals surface area contributed by atoms with Crippen LogP contribution in [0.15, 0.2) is 23.1 Å². The van der Waals surface area contributed by atoms with E-state index in [1.807, 2.05) is 6.92 Å². The highest BCUT2D eigenvalue weighted by Gasteiger charge is 2.21. The summed E-state index contributed by atoms with van der Waals surface area (Å²) in [5, 5.41) is 0. The molecule has 0 bridgehead atoms. The molecule has 0 aliphatic rings. The third kappa shape index (κ3) is 4.76. The van der Waals surface area contributed by atoms with Crippen LogP contribution >= 0.6 is 11.8 Å². The van der Waals surface area contributed by atoms with Crippen LogP contribution in [0.25, 0.3) is 0 Å². The van der Waals surface area contributed by atoms with E-state index in [0.717, 1.165) is 11.8 Å². The van der Waals surface area contributed by atoms with Crippen LogP contribution in [0, 0.1) is 5.82 Å². The molecule has 108 valence electrons. The molecule has 1 rings (SSSR count). The van der Waals surface area contributed by atoms with E-state index in [4.69, 9.17) is 5.73 Å². The van der Waals surface area contributed by atoms with Crippen molar-refractivity contribution in [2.45, 2.75) is 31.3 Å². The van der Waals surface area contributed by atoms with Crippen molar-refractivity contribution in [3.8, 4) is 0 Å². The molecule has 3 N–H and O–H groups in total. The zero-order chi connectivity index (χ0) is 14.5. The minimum atomic E-state index is -3.85. The molecule has 4 nitrogen and oxygen atoms in total. The van der Waals surface area contributed by atoms with E-state index in [1.165, 1.54) is 12.1 Å². The number of rotatable bonds is 7. The number of nitrogens with two attached hydrogens (primary N) is 1. The molecule has 1 aromatic carbocycles. The normalized spacial score (nSPS) is 13.5. The number of sulfonamides is 1. The van der Waals surface area contributed by atoms with E-state index in [1.54, 1.807) is 18.7 Å². The highest BCUT2D eigenvalue weighted by atomic mass is 32.2. The summed E-state index contributed by atoms with van der Waals surface area (Å²) >= 11 is 1.62. The molecule has 0 heterocycles. The van der Waals surface area contributed by atoms with Crippen molar-refractivity contribution >= 4 is 21.8 Å². The Balaban J connectivity index is 2.93. The van der Waals surface area contributed by atoms with Crippen molar-refractivity contribution in [2.75, 3.05) is 11.5 Å². The maximum absolute atomic E-state index is 13.6. The monoisotopic (exact) mass is 306 g/mol. The van der Waals surface area contributed by atoms with Crippen molar-refractivity contribution in [3.63, 3.8) is 0 Å². The molecule has 1 aromatic rings. The first kappa shape index (κ1) is 16.4. The second-order valence-corrected chi connectivity index (χ2v) is 7.15. The summed E-state index contributed by atoms with van der Waals surface area (Å²) in [6.45, 7) is 3.92. The van der Waals surface area contributed by atoms with Gasteiger partial charge in [-0.05, 0) is 30.4 Å². The molecule has 0 amide bonds. The molecule has 1 atom stereocenters. The summed E-state index contributed by atoms with van der Waals surface area (Å²) in [5.74, 6) is 0.789. The standard InChI is InChI=1S/C12H19FN2O2S2/c1-3-18-8-9(2)15-19(16,17)12-6-10(7-14)4-5-11(12)13/h4-6,9,15H,3,7-8,14H2,1-2H3. The number of hydrogen-bond acceptors (Lipinski definition) is 4. The first-order valence-corrected chi connectivity index (χ1v) is 8.63. The van der Waals surface area contributed by atoms with Gasteiger partial charge in [-0.3, -0.25) is 0 Å². The highest BCUT2D eigenvalue weighted by Crippen LogP contribution is 2.17. The predicted molar refractivity (Wildman–Crippen MR) is 77.1 cm³/mol. The van der Waals surface area contributed by atoms with Crippen LogP contribution in [0.5, 0.6) is 0 Å². The minimum Gasteiger partial charge on any atom is -0.326 e. The molecular formula is C12H19FN2O2S2. The fraction of sp³-hybridized carbons (Fsp3) is 0.500. The molecule has 0 saturated heterocycles. The van der Waals surface area contributed by atoms with E-state index in [-0.39, 0.29) is 17.5 Å². The molecular weight excluding hydrogens is 287 g/mol. The third-order valence-corrected chi connectivity index (χ3v) is 5.20. The third-order valence-electron chi connectivity index (χ3n) is 2.45. The van der Waals surface area contributed by atoms with Crippen LogP contribution in [0.4, 0.5) is 4.39 Å². The van der Waals surface area contributed by atoms with Crippen LogP contribution in [0.1, 0.15) is 19.4 Å². The smallest absolute Gasteiger partial charge is 0.243 e. The van der Waals surface area contributed by atoms with Gasteiger partial charge in [-0.25, -0.2) is 17.5 Å². The Labute approximate surface area is 118 Å². The molecule has 0 fully saturated rings. The Hall–Kier alpha value is -0.630. The quantitative estimate of drug-likeness (QED) is 0.804. The molecule has 0 spiro atoms. The zero-order valence-corrected chi connectivity index (χ0v) is 12.7. The summed E-state index contributed by atoms with van der Waals surface area (Å²) in [5.41, 5.74) is 6.02. The largest absolute Gasteiger partial charge is 0.326 e. The Morgan fingerprint density at radius 1 is 1.47 bits per heavy atom. The fourth-order valence-corrected chi connectivity index (χ4v) is 3.69.